The molecule has 1 atom stereocenters. The number of hydrogen-bond acceptors (Lipinski definition) is 4. The number of carbonyl (C=O) groups is 3. The van der Waals surface area contributed by atoms with E-state index in [2.05, 4.69) is 12.2 Å². The number of nitrogens with one attached hydrogen (secondary N) is 1. The molecule has 1 aliphatic heterocycles. The lowest BCUT2D eigenvalue weighted by molar-refractivity contribution is -0.138. The molecular formula is C27H28ClN3O4. The first kappa shape index (κ1) is 24.5. The molecule has 1 fully saturated rings. The van der Waals surface area contributed by atoms with E-state index in [0.29, 0.717) is 22.1 Å². The van der Waals surface area contributed by atoms with Crippen molar-refractivity contribution in [3.8, 4) is 11.3 Å². The molecule has 1 aromatic heterocycles. The molecule has 1 unspecified atom stereocenters. The Morgan fingerprint density at radius 1 is 1.06 bits per heavy atom. The maximum Gasteiger partial charge on any atom is 0.325 e. The molecule has 8 heteroatoms. The molecular weight excluding hydrogens is 466 g/mol. The number of furan rings is 1. The predicted molar refractivity (Wildman–Crippen MR) is 134 cm³/mol. The summed E-state index contributed by atoms with van der Waals surface area (Å²) in [6.07, 6.45) is 1.97. The van der Waals surface area contributed by atoms with Crippen LogP contribution in [0, 0.1) is 0 Å². The van der Waals surface area contributed by atoms with E-state index in [1.807, 2.05) is 42.5 Å². The van der Waals surface area contributed by atoms with Crippen LogP contribution in [-0.2, 0) is 28.1 Å². The van der Waals surface area contributed by atoms with Crippen LogP contribution in [0.3, 0.4) is 0 Å². The summed E-state index contributed by atoms with van der Waals surface area (Å²) in [6, 6.07) is 17.9. The third kappa shape index (κ3) is 5.10. The number of likely N-dealkylation sites (N-methyl/N-ethyl adjacent to an activating group) is 1. The Morgan fingerprint density at radius 2 is 1.74 bits per heavy atom. The lowest BCUT2D eigenvalue weighted by atomic mass is 9.91. The predicted octanol–water partition coefficient (Wildman–Crippen LogP) is 4.98. The van der Waals surface area contributed by atoms with Gasteiger partial charge in [-0.15, -0.1) is 0 Å². The molecule has 0 saturated carbocycles. The summed E-state index contributed by atoms with van der Waals surface area (Å²) in [4.78, 5) is 41.1. The first-order valence-corrected chi connectivity index (χ1v) is 11.9. The normalized spacial score (nSPS) is 17.5. The summed E-state index contributed by atoms with van der Waals surface area (Å²) in [6.45, 7) is 3.62. The van der Waals surface area contributed by atoms with Crippen LogP contribution in [0.1, 0.15) is 37.2 Å². The van der Waals surface area contributed by atoms with Gasteiger partial charge >= 0.3 is 6.03 Å². The summed E-state index contributed by atoms with van der Waals surface area (Å²) >= 11 is 5.94. The minimum atomic E-state index is -1.21. The molecule has 0 radical (unpaired) electrons. The Kier molecular flexibility index (Phi) is 6.98. The highest BCUT2D eigenvalue weighted by molar-refractivity contribution is 6.30. The van der Waals surface area contributed by atoms with Crippen LogP contribution in [0.4, 0.5) is 4.79 Å². The lowest BCUT2D eigenvalue weighted by Gasteiger charge is -2.23. The maximum absolute atomic E-state index is 13.2. The highest BCUT2D eigenvalue weighted by atomic mass is 35.5. The van der Waals surface area contributed by atoms with Crippen LogP contribution < -0.4 is 5.32 Å². The minimum absolute atomic E-state index is 0.201. The number of imide groups is 1. The second-order valence-corrected chi connectivity index (χ2v) is 9.35. The molecule has 0 bridgehead atoms. The van der Waals surface area contributed by atoms with E-state index in [0.717, 1.165) is 23.3 Å². The molecule has 0 aliphatic carbocycles. The van der Waals surface area contributed by atoms with Gasteiger partial charge in [0.05, 0.1) is 6.54 Å². The maximum atomic E-state index is 13.2. The van der Waals surface area contributed by atoms with Gasteiger partial charge in [0.2, 0.25) is 5.91 Å². The van der Waals surface area contributed by atoms with Gasteiger partial charge in [-0.25, -0.2) is 4.79 Å². The van der Waals surface area contributed by atoms with Crippen LogP contribution in [0.15, 0.2) is 65.1 Å². The van der Waals surface area contributed by atoms with Gasteiger partial charge in [-0.05, 0) is 60.9 Å². The van der Waals surface area contributed by atoms with Crippen molar-refractivity contribution in [2.75, 3.05) is 13.6 Å². The van der Waals surface area contributed by atoms with Crippen LogP contribution >= 0.6 is 11.6 Å². The van der Waals surface area contributed by atoms with Gasteiger partial charge in [-0.2, -0.15) is 0 Å². The largest absolute Gasteiger partial charge is 0.459 e. The second kappa shape index (κ2) is 9.96. The average Bonchev–Trinajstić information content (AvgIpc) is 3.38. The van der Waals surface area contributed by atoms with E-state index >= 15 is 0 Å². The average molecular weight is 494 g/mol. The molecule has 1 N–H and O–H groups in total. The first-order valence-electron chi connectivity index (χ1n) is 11.5. The van der Waals surface area contributed by atoms with Gasteiger partial charge in [0.15, 0.2) is 0 Å². The van der Waals surface area contributed by atoms with Gasteiger partial charge in [0, 0.05) is 17.6 Å². The standard InChI is InChI=1S/C27H28ClN3O4/c1-4-5-18-6-10-20(11-7-18)27(2)25(33)31(26(34)29-27)17-24(32)30(3)16-22-14-15-23(35-22)19-8-12-21(28)13-9-19/h6-15H,4-5,16-17H2,1-3H3,(H,29,34). The van der Waals surface area contributed by atoms with Gasteiger partial charge in [-0.1, -0.05) is 49.2 Å². The number of urea groups is 1. The highest BCUT2D eigenvalue weighted by Gasteiger charge is 2.49. The Hall–Kier alpha value is -3.58. The molecule has 3 aromatic rings. The van der Waals surface area contributed by atoms with Crippen molar-refractivity contribution in [3.05, 3.63) is 82.6 Å². The van der Waals surface area contributed by atoms with Gasteiger partial charge in [-0.3, -0.25) is 14.5 Å². The topological polar surface area (TPSA) is 82.9 Å². The van der Waals surface area contributed by atoms with Crippen LogP contribution in [0.2, 0.25) is 5.02 Å². The Bertz CT molecular complexity index is 1240. The van der Waals surface area contributed by atoms with E-state index in [1.165, 1.54) is 10.5 Å². The molecule has 0 spiro atoms. The van der Waals surface area contributed by atoms with Crippen molar-refractivity contribution in [2.45, 2.75) is 38.8 Å². The van der Waals surface area contributed by atoms with Crippen LogP contribution in [0.25, 0.3) is 11.3 Å². The van der Waals surface area contributed by atoms with Gasteiger partial charge in [0.25, 0.3) is 5.91 Å². The zero-order chi connectivity index (χ0) is 25.2. The van der Waals surface area contributed by atoms with Gasteiger partial charge in [0.1, 0.15) is 23.6 Å². The highest BCUT2D eigenvalue weighted by Crippen LogP contribution is 2.29. The second-order valence-electron chi connectivity index (χ2n) is 8.92. The lowest BCUT2D eigenvalue weighted by Crippen LogP contribution is -2.43. The molecule has 7 nitrogen and oxygen atoms in total. The zero-order valence-electron chi connectivity index (χ0n) is 20.0. The van der Waals surface area contributed by atoms with Crippen LogP contribution in [0.5, 0.6) is 0 Å². The van der Waals surface area contributed by atoms with Crippen molar-refractivity contribution in [1.82, 2.24) is 15.1 Å². The fraction of sp³-hybridized carbons (Fsp3) is 0.296. The third-order valence-corrected chi connectivity index (χ3v) is 6.50. The van der Waals surface area contributed by atoms with Crippen molar-refractivity contribution in [2.24, 2.45) is 0 Å². The smallest absolute Gasteiger partial charge is 0.325 e. The van der Waals surface area contributed by atoms with Crippen LogP contribution in [-0.4, -0.2) is 41.2 Å². The summed E-state index contributed by atoms with van der Waals surface area (Å²) in [5, 5.41) is 3.39. The fourth-order valence-electron chi connectivity index (χ4n) is 4.14. The van der Waals surface area contributed by atoms with Crippen molar-refractivity contribution in [3.63, 3.8) is 0 Å². The molecule has 182 valence electrons. The molecule has 4 amide bonds. The van der Waals surface area contributed by atoms with E-state index in [1.54, 1.807) is 32.2 Å². The van der Waals surface area contributed by atoms with E-state index in [4.69, 9.17) is 16.0 Å². The number of nitrogens with zero attached hydrogens (tertiary/aromatic N) is 2. The first-order chi connectivity index (χ1) is 16.7. The van der Waals surface area contributed by atoms with E-state index in [-0.39, 0.29) is 19.0 Å². The third-order valence-electron chi connectivity index (χ3n) is 6.25. The molecule has 35 heavy (non-hydrogen) atoms. The van der Waals surface area contributed by atoms with Crippen molar-refractivity contribution < 1.29 is 18.8 Å². The number of aryl methyl sites for hydroxylation is 1. The number of halogens is 1. The number of benzene rings is 2. The Labute approximate surface area is 209 Å². The SMILES string of the molecule is CCCc1ccc(C2(C)NC(=O)N(CC(=O)N(C)Cc3ccc(-c4ccc(Cl)cc4)o3)C2=O)cc1. The Balaban J connectivity index is 1.40. The Morgan fingerprint density at radius 3 is 2.40 bits per heavy atom. The summed E-state index contributed by atoms with van der Waals surface area (Å²) in [7, 11) is 1.61. The molecule has 4 rings (SSSR count). The fourth-order valence-corrected chi connectivity index (χ4v) is 4.27. The quantitative estimate of drug-likeness (QED) is 0.449. The molecule has 2 heterocycles. The number of carbonyl (C=O) groups excluding carboxylic acids is 3. The number of amides is 4. The number of hydrogen-bond donors (Lipinski definition) is 1. The number of rotatable bonds is 8. The van der Waals surface area contributed by atoms with Gasteiger partial charge < -0.3 is 14.6 Å². The van der Waals surface area contributed by atoms with Crippen molar-refractivity contribution >= 4 is 29.4 Å². The van der Waals surface area contributed by atoms with E-state index in [9.17, 15) is 14.4 Å². The summed E-state index contributed by atoms with van der Waals surface area (Å²) in [5.41, 5.74) is 1.51. The van der Waals surface area contributed by atoms with E-state index < -0.39 is 17.5 Å². The molecule has 1 aliphatic rings. The summed E-state index contributed by atoms with van der Waals surface area (Å²) in [5.74, 6) is 0.420. The molecule has 1 saturated heterocycles. The van der Waals surface area contributed by atoms with Crippen molar-refractivity contribution in [1.29, 1.82) is 0 Å². The summed E-state index contributed by atoms with van der Waals surface area (Å²) < 4.78 is 5.86. The minimum Gasteiger partial charge on any atom is -0.459 e. The zero-order valence-corrected chi connectivity index (χ0v) is 20.8. The monoisotopic (exact) mass is 493 g/mol. The molecule has 2 aromatic carbocycles.